The Labute approximate surface area is 128 Å². The van der Waals surface area contributed by atoms with Crippen LogP contribution in [0, 0.1) is 0 Å². The standard InChI is InChI=1S/C17H18BrNO/c1-2-3-5-13-8-10-16(11-9-13)19-17(20)14-6-4-7-15(18)12-14/h4,6-12H,2-3,5H2,1H3,(H,19,20). The zero-order valence-electron chi connectivity index (χ0n) is 11.5. The molecule has 1 amide bonds. The Morgan fingerprint density at radius 1 is 1.15 bits per heavy atom. The normalized spacial score (nSPS) is 10.3. The Kier molecular flexibility index (Phi) is 5.36. The van der Waals surface area contributed by atoms with E-state index < -0.39 is 0 Å². The van der Waals surface area contributed by atoms with Crippen LogP contribution in [0.5, 0.6) is 0 Å². The molecule has 0 spiro atoms. The van der Waals surface area contributed by atoms with Gasteiger partial charge in [0.1, 0.15) is 0 Å². The molecule has 0 aliphatic rings. The van der Waals surface area contributed by atoms with Gasteiger partial charge in [-0.15, -0.1) is 0 Å². The van der Waals surface area contributed by atoms with E-state index in [4.69, 9.17) is 0 Å². The molecule has 0 heterocycles. The number of anilines is 1. The number of amides is 1. The van der Waals surface area contributed by atoms with Gasteiger partial charge in [0.15, 0.2) is 0 Å². The molecule has 2 rings (SSSR count). The lowest BCUT2D eigenvalue weighted by Crippen LogP contribution is -2.11. The maximum absolute atomic E-state index is 12.1. The highest BCUT2D eigenvalue weighted by Gasteiger charge is 2.06. The maximum Gasteiger partial charge on any atom is 0.255 e. The van der Waals surface area contributed by atoms with Crippen LogP contribution >= 0.6 is 15.9 Å². The van der Waals surface area contributed by atoms with E-state index in [0.717, 1.165) is 16.6 Å². The fourth-order valence-electron chi connectivity index (χ4n) is 1.97. The monoisotopic (exact) mass is 331 g/mol. The summed E-state index contributed by atoms with van der Waals surface area (Å²) in [6.07, 6.45) is 3.49. The number of aryl methyl sites for hydroxylation is 1. The quantitative estimate of drug-likeness (QED) is 0.816. The van der Waals surface area contributed by atoms with Crippen LogP contribution in [0.1, 0.15) is 35.7 Å². The summed E-state index contributed by atoms with van der Waals surface area (Å²) in [5, 5.41) is 2.91. The fourth-order valence-corrected chi connectivity index (χ4v) is 2.37. The summed E-state index contributed by atoms with van der Waals surface area (Å²) in [6.45, 7) is 2.19. The highest BCUT2D eigenvalue weighted by molar-refractivity contribution is 9.10. The van der Waals surface area contributed by atoms with Crippen molar-refractivity contribution in [3.63, 3.8) is 0 Å². The molecular formula is C17H18BrNO. The third kappa shape index (κ3) is 4.20. The van der Waals surface area contributed by atoms with E-state index in [-0.39, 0.29) is 5.91 Å². The van der Waals surface area contributed by atoms with Crippen LogP contribution in [-0.2, 0) is 6.42 Å². The summed E-state index contributed by atoms with van der Waals surface area (Å²) >= 11 is 3.37. The van der Waals surface area contributed by atoms with Crippen molar-refractivity contribution in [2.75, 3.05) is 5.32 Å². The number of benzene rings is 2. The van der Waals surface area contributed by atoms with Gasteiger partial charge in [0.25, 0.3) is 5.91 Å². The van der Waals surface area contributed by atoms with Gasteiger partial charge in [-0.2, -0.15) is 0 Å². The van der Waals surface area contributed by atoms with Crippen molar-refractivity contribution < 1.29 is 4.79 Å². The molecule has 0 unspecified atom stereocenters. The number of hydrogen-bond donors (Lipinski definition) is 1. The largest absolute Gasteiger partial charge is 0.322 e. The molecule has 2 aromatic carbocycles. The minimum Gasteiger partial charge on any atom is -0.322 e. The molecule has 1 N–H and O–H groups in total. The van der Waals surface area contributed by atoms with E-state index >= 15 is 0 Å². The smallest absolute Gasteiger partial charge is 0.255 e. The summed E-state index contributed by atoms with van der Waals surface area (Å²) in [4.78, 5) is 12.1. The van der Waals surface area contributed by atoms with E-state index in [1.54, 1.807) is 6.07 Å². The number of unbranched alkanes of at least 4 members (excludes halogenated alkanes) is 1. The lowest BCUT2D eigenvalue weighted by Gasteiger charge is -2.07. The lowest BCUT2D eigenvalue weighted by atomic mass is 10.1. The van der Waals surface area contributed by atoms with Gasteiger partial charge in [0, 0.05) is 15.7 Å². The molecule has 0 saturated heterocycles. The fraction of sp³-hybridized carbons (Fsp3) is 0.235. The summed E-state index contributed by atoms with van der Waals surface area (Å²) in [5.74, 6) is -0.0902. The average Bonchev–Trinajstić information content (AvgIpc) is 2.46. The van der Waals surface area contributed by atoms with Crippen LogP contribution in [0.4, 0.5) is 5.69 Å². The predicted octanol–water partition coefficient (Wildman–Crippen LogP) is 5.04. The first-order valence-corrected chi connectivity index (χ1v) is 7.64. The van der Waals surface area contributed by atoms with Crippen molar-refractivity contribution >= 4 is 27.5 Å². The molecule has 0 atom stereocenters. The second kappa shape index (κ2) is 7.25. The van der Waals surface area contributed by atoms with Gasteiger partial charge in [-0.25, -0.2) is 0 Å². The van der Waals surface area contributed by atoms with Crippen LogP contribution in [0.15, 0.2) is 53.0 Å². The van der Waals surface area contributed by atoms with Crippen LogP contribution in [-0.4, -0.2) is 5.91 Å². The molecule has 20 heavy (non-hydrogen) atoms. The Morgan fingerprint density at radius 2 is 1.90 bits per heavy atom. The van der Waals surface area contributed by atoms with Crippen molar-refractivity contribution in [2.24, 2.45) is 0 Å². The number of nitrogens with one attached hydrogen (secondary N) is 1. The van der Waals surface area contributed by atoms with Gasteiger partial charge in [0.2, 0.25) is 0 Å². The zero-order chi connectivity index (χ0) is 14.4. The van der Waals surface area contributed by atoms with Crippen molar-refractivity contribution in [1.29, 1.82) is 0 Å². The van der Waals surface area contributed by atoms with E-state index in [9.17, 15) is 4.79 Å². The summed E-state index contributed by atoms with van der Waals surface area (Å²) in [7, 11) is 0. The average molecular weight is 332 g/mol. The summed E-state index contributed by atoms with van der Waals surface area (Å²) in [5.41, 5.74) is 2.79. The van der Waals surface area contributed by atoms with Gasteiger partial charge >= 0.3 is 0 Å². The minimum atomic E-state index is -0.0902. The molecule has 3 heteroatoms. The van der Waals surface area contributed by atoms with Crippen molar-refractivity contribution in [1.82, 2.24) is 0 Å². The van der Waals surface area contributed by atoms with Crippen LogP contribution in [0.3, 0.4) is 0 Å². The Morgan fingerprint density at radius 3 is 2.55 bits per heavy atom. The molecule has 0 fully saturated rings. The molecular weight excluding hydrogens is 314 g/mol. The number of carbonyl (C=O) groups is 1. The lowest BCUT2D eigenvalue weighted by molar-refractivity contribution is 0.102. The summed E-state index contributed by atoms with van der Waals surface area (Å²) in [6, 6.07) is 15.4. The van der Waals surface area contributed by atoms with Gasteiger partial charge in [-0.1, -0.05) is 47.5 Å². The van der Waals surface area contributed by atoms with E-state index in [1.165, 1.54) is 18.4 Å². The van der Waals surface area contributed by atoms with Gasteiger partial charge in [-0.05, 0) is 48.7 Å². The molecule has 0 radical (unpaired) electrons. The van der Waals surface area contributed by atoms with Crippen LogP contribution < -0.4 is 5.32 Å². The van der Waals surface area contributed by atoms with Crippen molar-refractivity contribution in [3.05, 3.63) is 64.1 Å². The molecule has 0 aliphatic heterocycles. The minimum absolute atomic E-state index is 0.0902. The molecule has 2 nitrogen and oxygen atoms in total. The highest BCUT2D eigenvalue weighted by Crippen LogP contribution is 2.15. The second-order valence-electron chi connectivity index (χ2n) is 4.76. The van der Waals surface area contributed by atoms with Crippen LogP contribution in [0.2, 0.25) is 0 Å². The molecule has 2 aromatic rings. The third-order valence-electron chi connectivity index (χ3n) is 3.12. The first kappa shape index (κ1) is 14.8. The van der Waals surface area contributed by atoms with E-state index in [2.05, 4.69) is 40.3 Å². The molecule has 104 valence electrons. The topological polar surface area (TPSA) is 29.1 Å². The molecule has 0 aromatic heterocycles. The highest BCUT2D eigenvalue weighted by atomic mass is 79.9. The van der Waals surface area contributed by atoms with E-state index in [1.807, 2.05) is 30.3 Å². The molecule has 0 saturated carbocycles. The number of halogens is 1. The SMILES string of the molecule is CCCCc1ccc(NC(=O)c2cccc(Br)c2)cc1. The first-order valence-electron chi connectivity index (χ1n) is 6.85. The first-order chi connectivity index (χ1) is 9.69. The molecule has 0 aliphatic carbocycles. The van der Waals surface area contributed by atoms with Gasteiger partial charge < -0.3 is 5.32 Å². The van der Waals surface area contributed by atoms with Crippen molar-refractivity contribution in [2.45, 2.75) is 26.2 Å². The Balaban J connectivity index is 2.01. The zero-order valence-corrected chi connectivity index (χ0v) is 13.1. The summed E-state index contributed by atoms with van der Waals surface area (Å²) < 4.78 is 0.903. The predicted molar refractivity (Wildman–Crippen MR) is 87.1 cm³/mol. The Bertz CT molecular complexity index is 578. The number of carbonyl (C=O) groups excluding carboxylic acids is 1. The molecule has 0 bridgehead atoms. The van der Waals surface area contributed by atoms with Crippen molar-refractivity contribution in [3.8, 4) is 0 Å². The Hall–Kier alpha value is -1.61. The second-order valence-corrected chi connectivity index (χ2v) is 5.68. The van der Waals surface area contributed by atoms with Gasteiger partial charge in [0.05, 0.1) is 0 Å². The van der Waals surface area contributed by atoms with E-state index in [0.29, 0.717) is 5.56 Å². The third-order valence-corrected chi connectivity index (χ3v) is 3.61. The number of rotatable bonds is 5. The van der Waals surface area contributed by atoms with Crippen LogP contribution in [0.25, 0.3) is 0 Å². The maximum atomic E-state index is 12.1. The van der Waals surface area contributed by atoms with Gasteiger partial charge in [-0.3, -0.25) is 4.79 Å². The number of hydrogen-bond acceptors (Lipinski definition) is 1.